The van der Waals surface area contributed by atoms with E-state index < -0.39 is 40.4 Å². The minimum Gasteiger partial charge on any atom is -0.433 e. The number of benzene rings is 1. The highest BCUT2D eigenvalue weighted by Gasteiger charge is 2.35. The van der Waals surface area contributed by atoms with Crippen molar-refractivity contribution >= 4 is 34.7 Å². The molecular formula is C13H10ClF2N5O6. The summed E-state index contributed by atoms with van der Waals surface area (Å²) >= 11 is 5.76. The molecule has 0 unspecified atom stereocenters. The van der Waals surface area contributed by atoms with Crippen molar-refractivity contribution in [3.8, 4) is 5.75 Å². The number of nitrogens with one attached hydrogen (secondary N) is 1. The molecule has 14 heteroatoms. The van der Waals surface area contributed by atoms with Crippen molar-refractivity contribution in [3.05, 3.63) is 49.1 Å². The third kappa shape index (κ3) is 4.63. The van der Waals surface area contributed by atoms with Crippen molar-refractivity contribution in [2.45, 2.75) is 20.1 Å². The van der Waals surface area contributed by atoms with Gasteiger partial charge in [-0.15, -0.1) is 0 Å². The van der Waals surface area contributed by atoms with Gasteiger partial charge in [0, 0.05) is 5.69 Å². The van der Waals surface area contributed by atoms with Gasteiger partial charge in [0.25, 0.3) is 0 Å². The van der Waals surface area contributed by atoms with Crippen molar-refractivity contribution in [1.82, 2.24) is 9.78 Å². The molecule has 0 atom stereocenters. The molecule has 0 radical (unpaired) electrons. The molecule has 11 nitrogen and oxygen atoms in total. The predicted octanol–water partition coefficient (Wildman–Crippen LogP) is 2.90. The van der Waals surface area contributed by atoms with Gasteiger partial charge in [-0.25, -0.2) is 0 Å². The number of nitro groups is 2. The monoisotopic (exact) mass is 405 g/mol. The van der Waals surface area contributed by atoms with Crippen LogP contribution in [0.3, 0.4) is 0 Å². The number of amides is 1. The molecule has 0 fully saturated rings. The van der Waals surface area contributed by atoms with E-state index in [1.165, 1.54) is 13.0 Å². The molecule has 0 saturated heterocycles. The van der Waals surface area contributed by atoms with Gasteiger partial charge in [0.1, 0.15) is 18.0 Å². The van der Waals surface area contributed by atoms with E-state index in [2.05, 4.69) is 15.2 Å². The molecule has 0 saturated carbocycles. The van der Waals surface area contributed by atoms with Crippen LogP contribution >= 0.6 is 11.6 Å². The minimum absolute atomic E-state index is 0.125. The summed E-state index contributed by atoms with van der Waals surface area (Å²) in [4.78, 5) is 31.9. The largest absolute Gasteiger partial charge is 0.468 e. The van der Waals surface area contributed by atoms with Crippen molar-refractivity contribution in [3.63, 3.8) is 0 Å². The molecule has 27 heavy (non-hydrogen) atoms. The van der Waals surface area contributed by atoms with Crippen LogP contribution in [0, 0.1) is 27.2 Å². The fourth-order valence-corrected chi connectivity index (χ4v) is 2.34. The summed E-state index contributed by atoms with van der Waals surface area (Å²) in [6, 6.07) is 3.50. The van der Waals surface area contributed by atoms with Gasteiger partial charge in [-0.2, -0.15) is 13.5 Å². The standard InChI is InChI=1S/C13H10ClF2N5O6/c1-6-11(20(23)24)12(21(25)26)18-19(6)5-10(22)17-7-2-3-9(8(14)4-7)27-13(15)16/h2-4,13H,5H2,1H3,(H,17,22). The lowest BCUT2D eigenvalue weighted by molar-refractivity contribution is -0.424. The van der Waals surface area contributed by atoms with Crippen LogP contribution in [0.25, 0.3) is 0 Å². The Labute approximate surface area is 153 Å². The van der Waals surface area contributed by atoms with E-state index in [9.17, 15) is 33.8 Å². The molecule has 144 valence electrons. The van der Waals surface area contributed by atoms with Crippen molar-refractivity contribution in [2.24, 2.45) is 0 Å². The summed E-state index contributed by atoms with van der Waals surface area (Å²) < 4.78 is 29.3. The van der Waals surface area contributed by atoms with Gasteiger partial charge in [-0.05, 0) is 30.0 Å². The Kier molecular flexibility index (Phi) is 5.85. The topological polar surface area (TPSA) is 142 Å². The fourth-order valence-electron chi connectivity index (χ4n) is 2.12. The van der Waals surface area contributed by atoms with Gasteiger partial charge in [0.15, 0.2) is 0 Å². The second kappa shape index (κ2) is 7.90. The highest BCUT2D eigenvalue weighted by molar-refractivity contribution is 6.32. The van der Waals surface area contributed by atoms with Crippen LogP contribution in [-0.2, 0) is 11.3 Å². The first-order chi connectivity index (χ1) is 12.6. The molecule has 1 N–H and O–H groups in total. The van der Waals surface area contributed by atoms with Crippen molar-refractivity contribution in [1.29, 1.82) is 0 Å². The Morgan fingerprint density at radius 2 is 2.04 bits per heavy atom. The van der Waals surface area contributed by atoms with E-state index in [1.54, 1.807) is 0 Å². The van der Waals surface area contributed by atoms with Crippen LogP contribution in [0.2, 0.25) is 5.02 Å². The average Bonchev–Trinajstić information content (AvgIpc) is 2.87. The van der Waals surface area contributed by atoms with Gasteiger partial charge in [-0.1, -0.05) is 11.6 Å². The SMILES string of the molecule is Cc1c([N+](=O)[O-])c([N+](=O)[O-])nn1CC(=O)Nc1ccc(OC(F)F)c(Cl)c1. The lowest BCUT2D eigenvalue weighted by atomic mass is 10.3. The molecular weight excluding hydrogens is 396 g/mol. The van der Waals surface area contributed by atoms with Gasteiger partial charge in [0.05, 0.1) is 15.0 Å². The number of halogens is 3. The molecule has 1 amide bonds. The van der Waals surface area contributed by atoms with Crippen LogP contribution < -0.4 is 10.1 Å². The molecule has 1 aromatic carbocycles. The molecule has 0 bridgehead atoms. The van der Waals surface area contributed by atoms with E-state index in [4.69, 9.17) is 11.6 Å². The Bertz CT molecular complexity index is 919. The molecule has 0 aliphatic rings. The maximum atomic E-state index is 12.2. The fraction of sp³-hybridized carbons (Fsp3) is 0.231. The number of alkyl halides is 2. The van der Waals surface area contributed by atoms with Crippen LogP contribution in [-0.4, -0.2) is 32.1 Å². The minimum atomic E-state index is -3.07. The zero-order chi connectivity index (χ0) is 20.3. The van der Waals surface area contributed by atoms with Gasteiger partial charge in [-0.3, -0.25) is 14.9 Å². The summed E-state index contributed by atoms with van der Waals surface area (Å²) in [6.07, 6.45) is 0. The number of hydrogen-bond donors (Lipinski definition) is 1. The molecule has 2 aromatic rings. The number of anilines is 1. The number of aromatic nitrogens is 2. The Balaban J connectivity index is 2.17. The number of carbonyl (C=O) groups is 1. The second-order valence-corrected chi connectivity index (χ2v) is 5.41. The van der Waals surface area contributed by atoms with E-state index in [-0.39, 0.29) is 22.2 Å². The summed E-state index contributed by atoms with van der Waals surface area (Å²) in [5.41, 5.74) is -0.870. The lowest BCUT2D eigenvalue weighted by Crippen LogP contribution is -2.20. The number of ether oxygens (including phenoxy) is 1. The molecule has 2 rings (SSSR count). The quantitative estimate of drug-likeness (QED) is 0.551. The first-order valence-corrected chi connectivity index (χ1v) is 7.38. The Morgan fingerprint density at radius 3 is 2.52 bits per heavy atom. The molecule has 1 aromatic heterocycles. The number of hydrogen-bond acceptors (Lipinski definition) is 7. The van der Waals surface area contributed by atoms with Gasteiger partial charge >= 0.3 is 18.1 Å². The normalized spacial score (nSPS) is 10.7. The number of rotatable bonds is 7. The zero-order valence-corrected chi connectivity index (χ0v) is 14.1. The molecule has 1 heterocycles. The van der Waals surface area contributed by atoms with Crippen LogP contribution in [0.1, 0.15) is 5.69 Å². The van der Waals surface area contributed by atoms with Crippen LogP contribution in [0.15, 0.2) is 18.2 Å². The maximum Gasteiger partial charge on any atom is 0.468 e. The summed E-state index contributed by atoms with van der Waals surface area (Å²) in [7, 11) is 0. The average molecular weight is 406 g/mol. The van der Waals surface area contributed by atoms with Crippen LogP contribution in [0.4, 0.5) is 26.0 Å². The first-order valence-electron chi connectivity index (χ1n) is 7.00. The van der Waals surface area contributed by atoms with E-state index in [0.717, 1.165) is 16.8 Å². The maximum absolute atomic E-state index is 12.2. The van der Waals surface area contributed by atoms with Gasteiger partial charge in [0.2, 0.25) is 5.91 Å². The molecule has 0 aliphatic heterocycles. The summed E-state index contributed by atoms with van der Waals surface area (Å²) in [6.45, 7) is -2.43. The second-order valence-electron chi connectivity index (χ2n) is 5.00. The zero-order valence-electron chi connectivity index (χ0n) is 13.4. The molecule has 0 aliphatic carbocycles. The smallest absolute Gasteiger partial charge is 0.433 e. The number of carbonyl (C=O) groups excluding carboxylic acids is 1. The first kappa shape index (κ1) is 20.0. The predicted molar refractivity (Wildman–Crippen MR) is 87.0 cm³/mol. The Morgan fingerprint density at radius 1 is 1.37 bits per heavy atom. The highest BCUT2D eigenvalue weighted by atomic mass is 35.5. The van der Waals surface area contributed by atoms with Crippen LogP contribution in [0.5, 0.6) is 5.75 Å². The summed E-state index contributed by atoms with van der Waals surface area (Å²) in [5.74, 6) is -2.01. The summed E-state index contributed by atoms with van der Waals surface area (Å²) in [5, 5.41) is 27.4. The van der Waals surface area contributed by atoms with Gasteiger partial charge < -0.3 is 20.2 Å². The third-order valence-electron chi connectivity index (χ3n) is 3.24. The van der Waals surface area contributed by atoms with Crippen molar-refractivity contribution in [2.75, 3.05) is 5.32 Å². The lowest BCUT2D eigenvalue weighted by Gasteiger charge is -2.09. The van der Waals surface area contributed by atoms with E-state index >= 15 is 0 Å². The number of nitrogens with zero attached hydrogens (tertiary/aromatic N) is 4. The van der Waals surface area contributed by atoms with E-state index in [1.807, 2.05) is 0 Å². The van der Waals surface area contributed by atoms with E-state index in [0.29, 0.717) is 0 Å². The third-order valence-corrected chi connectivity index (χ3v) is 3.53. The highest BCUT2D eigenvalue weighted by Crippen LogP contribution is 2.30. The van der Waals surface area contributed by atoms with Crippen molar-refractivity contribution < 1.29 is 28.2 Å². The molecule has 0 spiro atoms. The Hall–Kier alpha value is -3.35.